The van der Waals surface area contributed by atoms with Crippen LogP contribution in [-0.4, -0.2) is 15.5 Å². The van der Waals surface area contributed by atoms with Crippen LogP contribution in [0.1, 0.15) is 30.7 Å². The van der Waals surface area contributed by atoms with Gasteiger partial charge in [0, 0.05) is 29.8 Å². The predicted octanol–water partition coefficient (Wildman–Crippen LogP) is 4.43. The second kappa shape index (κ2) is 7.98. The molecule has 0 fully saturated rings. The lowest BCUT2D eigenvalue weighted by Crippen LogP contribution is -2.24. The highest BCUT2D eigenvalue weighted by Crippen LogP contribution is 2.19. The summed E-state index contributed by atoms with van der Waals surface area (Å²) in [6.07, 6.45) is 7.07. The Morgan fingerprint density at radius 2 is 2.00 bits per heavy atom. The van der Waals surface area contributed by atoms with E-state index in [-0.39, 0.29) is 11.5 Å². The molecule has 4 rings (SSSR count). The molecule has 1 amide bonds. The van der Waals surface area contributed by atoms with Crippen LogP contribution in [0, 0.1) is 0 Å². The van der Waals surface area contributed by atoms with E-state index in [2.05, 4.69) is 10.3 Å². The summed E-state index contributed by atoms with van der Waals surface area (Å²) in [5, 5.41) is 3.91. The summed E-state index contributed by atoms with van der Waals surface area (Å²) in [5.41, 5.74) is 1.96. The van der Waals surface area contributed by atoms with Crippen molar-refractivity contribution in [3.8, 4) is 0 Å². The van der Waals surface area contributed by atoms with E-state index in [0.29, 0.717) is 28.2 Å². The summed E-state index contributed by atoms with van der Waals surface area (Å²) in [4.78, 5) is 29.8. The number of nitrogens with one attached hydrogen (secondary N) is 1. The first-order chi connectivity index (χ1) is 13.6. The van der Waals surface area contributed by atoms with Crippen LogP contribution in [-0.2, 0) is 17.8 Å². The van der Waals surface area contributed by atoms with Gasteiger partial charge in [-0.1, -0.05) is 36.2 Å². The van der Waals surface area contributed by atoms with Crippen molar-refractivity contribution < 1.29 is 4.79 Å². The number of fused-ring (bicyclic) bond motifs is 2. The van der Waals surface area contributed by atoms with Crippen molar-refractivity contribution in [1.29, 1.82) is 0 Å². The molecule has 0 aliphatic carbocycles. The first-order valence-electron chi connectivity index (χ1n) is 9.39. The molecule has 2 heterocycles. The van der Waals surface area contributed by atoms with Crippen molar-refractivity contribution in [3.05, 3.63) is 75.3 Å². The van der Waals surface area contributed by atoms with Gasteiger partial charge in [0.25, 0.3) is 5.56 Å². The monoisotopic (exact) mass is 393 g/mol. The lowest BCUT2D eigenvalue weighted by molar-refractivity contribution is -0.111. The van der Waals surface area contributed by atoms with Crippen molar-refractivity contribution >= 4 is 40.2 Å². The zero-order valence-electron chi connectivity index (χ0n) is 15.3. The van der Waals surface area contributed by atoms with E-state index < -0.39 is 0 Å². The number of carbonyl (C=O) groups excluding carboxylic acids is 1. The minimum Gasteiger partial charge on any atom is -0.322 e. The summed E-state index contributed by atoms with van der Waals surface area (Å²) in [6, 6.07) is 12.5. The molecule has 0 saturated carbocycles. The first kappa shape index (κ1) is 18.4. The molecular formula is C22H20ClN3O2. The Balaban J connectivity index is 1.59. The van der Waals surface area contributed by atoms with E-state index in [0.717, 1.165) is 37.1 Å². The zero-order chi connectivity index (χ0) is 19.5. The molecule has 1 aliphatic rings. The number of hydrogen-bond acceptors (Lipinski definition) is 3. The van der Waals surface area contributed by atoms with Crippen molar-refractivity contribution in [2.75, 3.05) is 5.32 Å². The number of nitrogens with zero attached hydrogens (tertiary/aromatic N) is 2. The van der Waals surface area contributed by atoms with Crippen LogP contribution in [0.15, 0.2) is 53.3 Å². The Bertz CT molecular complexity index is 1130. The van der Waals surface area contributed by atoms with Gasteiger partial charge in [-0.3, -0.25) is 14.2 Å². The van der Waals surface area contributed by atoms with Gasteiger partial charge in [0.15, 0.2) is 0 Å². The predicted molar refractivity (Wildman–Crippen MR) is 113 cm³/mol. The maximum Gasteiger partial charge on any atom is 0.261 e. The number of rotatable bonds is 3. The van der Waals surface area contributed by atoms with E-state index in [1.165, 1.54) is 6.08 Å². The van der Waals surface area contributed by atoms with Gasteiger partial charge in [0.2, 0.25) is 5.91 Å². The highest BCUT2D eigenvalue weighted by atomic mass is 35.5. The third kappa shape index (κ3) is 3.85. The molecule has 0 unspecified atom stereocenters. The van der Waals surface area contributed by atoms with Crippen molar-refractivity contribution in [2.24, 2.45) is 0 Å². The van der Waals surface area contributed by atoms with Gasteiger partial charge in [-0.2, -0.15) is 0 Å². The second-order valence-corrected chi connectivity index (χ2v) is 7.28. The maximum absolute atomic E-state index is 12.9. The van der Waals surface area contributed by atoms with Crippen LogP contribution in [0.2, 0.25) is 5.02 Å². The van der Waals surface area contributed by atoms with E-state index in [4.69, 9.17) is 11.6 Å². The molecule has 0 saturated heterocycles. The van der Waals surface area contributed by atoms with E-state index in [9.17, 15) is 9.59 Å². The Labute approximate surface area is 167 Å². The minimum absolute atomic E-state index is 0.0374. The number of carbonyl (C=O) groups is 1. The van der Waals surface area contributed by atoms with E-state index in [1.54, 1.807) is 34.9 Å². The number of amides is 1. The third-order valence-electron chi connectivity index (χ3n) is 4.90. The van der Waals surface area contributed by atoms with Crippen molar-refractivity contribution in [3.63, 3.8) is 0 Å². The second-order valence-electron chi connectivity index (χ2n) is 6.87. The normalized spacial score (nSPS) is 14.0. The largest absolute Gasteiger partial charge is 0.322 e. The molecular weight excluding hydrogens is 374 g/mol. The smallest absolute Gasteiger partial charge is 0.261 e. The molecule has 1 N–H and O–H groups in total. The van der Waals surface area contributed by atoms with Gasteiger partial charge in [-0.05, 0) is 48.7 Å². The van der Waals surface area contributed by atoms with E-state index in [1.807, 2.05) is 18.2 Å². The fourth-order valence-corrected chi connectivity index (χ4v) is 3.65. The minimum atomic E-state index is -0.290. The molecule has 1 aliphatic heterocycles. The molecule has 0 bridgehead atoms. The zero-order valence-corrected chi connectivity index (χ0v) is 16.1. The first-order valence-corrected chi connectivity index (χ1v) is 9.77. The summed E-state index contributed by atoms with van der Waals surface area (Å²) in [6.45, 7) is 0.703. The van der Waals surface area contributed by atoms with Crippen LogP contribution in [0.25, 0.3) is 17.0 Å². The third-order valence-corrected chi connectivity index (χ3v) is 5.25. The molecule has 0 atom stereocenters. The Morgan fingerprint density at radius 1 is 1.14 bits per heavy atom. The fourth-order valence-electron chi connectivity index (χ4n) is 3.46. The van der Waals surface area contributed by atoms with Crippen LogP contribution < -0.4 is 10.9 Å². The van der Waals surface area contributed by atoms with Crippen molar-refractivity contribution in [1.82, 2.24) is 9.55 Å². The molecule has 5 nitrogen and oxygen atoms in total. The summed E-state index contributed by atoms with van der Waals surface area (Å²) in [5.74, 6) is 0.566. The number of aromatic nitrogens is 2. The molecule has 6 heteroatoms. The number of hydrogen-bond donors (Lipinski definition) is 1. The van der Waals surface area contributed by atoms with Crippen molar-refractivity contribution in [2.45, 2.75) is 32.2 Å². The van der Waals surface area contributed by atoms with Crippen LogP contribution in [0.5, 0.6) is 0 Å². The summed E-state index contributed by atoms with van der Waals surface area (Å²) < 4.78 is 1.78. The molecule has 0 spiro atoms. The molecule has 1 aromatic heterocycles. The average molecular weight is 394 g/mol. The van der Waals surface area contributed by atoms with Gasteiger partial charge >= 0.3 is 0 Å². The summed E-state index contributed by atoms with van der Waals surface area (Å²) >= 11 is 6.09. The molecule has 28 heavy (non-hydrogen) atoms. The molecule has 142 valence electrons. The number of halogens is 1. The SMILES string of the molecule is O=C(/C=C/c1ccccc1Cl)Nc1ccc2nc3n(c(=O)c2c1)CCCCC3. The number of anilines is 1. The average Bonchev–Trinajstić information content (AvgIpc) is 2.94. The number of benzene rings is 2. The van der Waals surface area contributed by atoms with Gasteiger partial charge in [0.1, 0.15) is 5.82 Å². The van der Waals surface area contributed by atoms with Gasteiger partial charge in [-0.15, -0.1) is 0 Å². The Kier molecular flexibility index (Phi) is 5.26. The molecule has 2 aromatic carbocycles. The van der Waals surface area contributed by atoms with Crippen LogP contribution >= 0.6 is 11.6 Å². The van der Waals surface area contributed by atoms with Crippen LogP contribution in [0.3, 0.4) is 0 Å². The highest BCUT2D eigenvalue weighted by Gasteiger charge is 2.14. The quantitative estimate of drug-likeness (QED) is 0.669. The van der Waals surface area contributed by atoms with Gasteiger partial charge < -0.3 is 5.32 Å². The Hall–Kier alpha value is -2.92. The van der Waals surface area contributed by atoms with Gasteiger partial charge in [-0.25, -0.2) is 4.98 Å². The lowest BCUT2D eigenvalue weighted by Gasteiger charge is -2.11. The fraction of sp³-hybridized carbons (Fsp3) is 0.227. The van der Waals surface area contributed by atoms with Gasteiger partial charge in [0.05, 0.1) is 10.9 Å². The van der Waals surface area contributed by atoms with E-state index >= 15 is 0 Å². The molecule has 0 radical (unpaired) electrons. The molecule has 3 aromatic rings. The standard InChI is InChI=1S/C22H20ClN3O2/c23-18-7-4-3-6-15(18)9-12-21(27)24-16-10-11-19-17(14-16)22(28)26-13-5-1-2-8-20(26)25-19/h3-4,6-7,9-12,14H,1-2,5,8,13H2,(H,24,27)/b12-9+. The lowest BCUT2D eigenvalue weighted by atomic mass is 10.2. The summed E-state index contributed by atoms with van der Waals surface area (Å²) in [7, 11) is 0. The highest BCUT2D eigenvalue weighted by molar-refractivity contribution is 6.32. The topological polar surface area (TPSA) is 64.0 Å². The van der Waals surface area contributed by atoms with Crippen LogP contribution in [0.4, 0.5) is 5.69 Å². The number of aryl methyl sites for hydroxylation is 1. The Morgan fingerprint density at radius 3 is 2.86 bits per heavy atom. The maximum atomic E-state index is 12.9.